The van der Waals surface area contributed by atoms with E-state index in [0.717, 1.165) is 0 Å². The van der Waals surface area contributed by atoms with E-state index in [-0.39, 0.29) is 16.6 Å². The fraction of sp³-hybridized carbons (Fsp3) is 0.250. The maximum atomic E-state index is 13.8. The molecule has 0 atom stereocenters. The highest BCUT2D eigenvalue weighted by atomic mass is 79.9. The van der Waals surface area contributed by atoms with Crippen LogP contribution in [-0.2, 0) is 6.54 Å². The molecule has 0 bridgehead atoms. The molecule has 0 radical (unpaired) electrons. The van der Waals surface area contributed by atoms with E-state index in [9.17, 15) is 8.78 Å². The highest BCUT2D eigenvalue weighted by Crippen LogP contribution is 2.30. The first-order valence-corrected chi connectivity index (χ1v) is 6.12. The van der Waals surface area contributed by atoms with Crippen molar-refractivity contribution in [2.75, 3.05) is 6.61 Å². The third-order valence-corrected chi connectivity index (χ3v) is 3.21. The van der Waals surface area contributed by atoms with E-state index < -0.39 is 11.6 Å². The van der Waals surface area contributed by atoms with E-state index in [1.54, 1.807) is 13.1 Å². The Kier molecular flexibility index (Phi) is 3.77. The van der Waals surface area contributed by atoms with Gasteiger partial charge in [-0.15, -0.1) is 0 Å². The number of nitrogens with zero attached hydrogens (tertiary/aromatic N) is 2. The second-order valence-corrected chi connectivity index (χ2v) is 4.69. The molecule has 3 nitrogen and oxygen atoms in total. The summed E-state index contributed by atoms with van der Waals surface area (Å²) in [6, 6.07) is 2.95. The summed E-state index contributed by atoms with van der Waals surface area (Å²) >= 11 is 2.93. The number of rotatable bonds is 3. The quantitative estimate of drug-likeness (QED) is 0.884. The monoisotopic (exact) mass is 316 g/mol. The molecule has 1 heterocycles. The topological polar surface area (TPSA) is 38.0 Å². The van der Waals surface area contributed by atoms with Gasteiger partial charge in [-0.1, -0.05) is 0 Å². The Balaban J connectivity index is 2.52. The van der Waals surface area contributed by atoms with Crippen LogP contribution in [0.25, 0.3) is 11.1 Å². The van der Waals surface area contributed by atoms with Gasteiger partial charge >= 0.3 is 0 Å². The molecule has 0 amide bonds. The molecule has 0 aliphatic heterocycles. The smallest absolute Gasteiger partial charge is 0.173 e. The predicted molar refractivity (Wildman–Crippen MR) is 67.1 cm³/mol. The lowest BCUT2D eigenvalue weighted by molar-refractivity contribution is 0.269. The summed E-state index contributed by atoms with van der Waals surface area (Å²) in [5.74, 6) is -1.82. The first-order valence-electron chi connectivity index (χ1n) is 5.33. The minimum atomic E-state index is -0.915. The lowest BCUT2D eigenvalue weighted by Crippen LogP contribution is -2.02. The van der Waals surface area contributed by atoms with Gasteiger partial charge in [0.15, 0.2) is 11.6 Å². The Labute approximate surface area is 111 Å². The van der Waals surface area contributed by atoms with Gasteiger partial charge < -0.3 is 5.11 Å². The molecule has 0 aliphatic carbocycles. The van der Waals surface area contributed by atoms with Crippen LogP contribution in [0.15, 0.2) is 22.8 Å². The van der Waals surface area contributed by atoms with Gasteiger partial charge in [-0.05, 0) is 35.0 Å². The number of aryl methyl sites for hydroxylation is 1. The molecule has 1 N–H and O–H groups in total. The normalized spacial score (nSPS) is 10.9. The molecule has 0 fully saturated rings. The summed E-state index contributed by atoms with van der Waals surface area (Å²) in [5, 5.41) is 13.0. The summed E-state index contributed by atoms with van der Waals surface area (Å²) in [6.07, 6.45) is 1.59. The highest BCUT2D eigenvalue weighted by molar-refractivity contribution is 9.10. The minimum absolute atomic E-state index is 0.0578. The first kappa shape index (κ1) is 13.2. The highest BCUT2D eigenvalue weighted by Gasteiger charge is 2.16. The van der Waals surface area contributed by atoms with E-state index >= 15 is 0 Å². The predicted octanol–water partition coefficient (Wildman–Crippen LogP) is 2.89. The van der Waals surface area contributed by atoms with Crippen molar-refractivity contribution in [2.45, 2.75) is 13.5 Å². The zero-order valence-corrected chi connectivity index (χ0v) is 11.2. The summed E-state index contributed by atoms with van der Waals surface area (Å²) in [4.78, 5) is 0. The summed E-state index contributed by atoms with van der Waals surface area (Å²) < 4.78 is 28.9. The van der Waals surface area contributed by atoms with Crippen LogP contribution >= 0.6 is 15.9 Å². The third kappa shape index (κ3) is 2.30. The van der Waals surface area contributed by atoms with Crippen molar-refractivity contribution in [2.24, 2.45) is 0 Å². The fourth-order valence-corrected chi connectivity index (χ4v) is 2.04. The maximum Gasteiger partial charge on any atom is 0.173 e. The standard InChI is InChI=1S/C12H11BrF2N2O/c1-7-9(6-17(16-7)4-5-18)8-2-3-10(13)12(15)11(8)14/h2-3,6,18H,4-5H2,1H3. The zero-order chi connectivity index (χ0) is 13.3. The molecule has 0 saturated heterocycles. The van der Waals surface area contributed by atoms with Crippen molar-refractivity contribution >= 4 is 15.9 Å². The van der Waals surface area contributed by atoms with Gasteiger partial charge in [0.25, 0.3) is 0 Å². The lowest BCUT2D eigenvalue weighted by Gasteiger charge is -2.03. The van der Waals surface area contributed by atoms with E-state index in [1.807, 2.05) is 0 Å². The summed E-state index contributed by atoms with van der Waals surface area (Å²) in [6.45, 7) is 1.97. The number of hydrogen-bond acceptors (Lipinski definition) is 2. The largest absolute Gasteiger partial charge is 0.394 e. The summed E-state index contributed by atoms with van der Waals surface area (Å²) in [7, 11) is 0. The van der Waals surface area contributed by atoms with Gasteiger partial charge in [-0.3, -0.25) is 4.68 Å². The van der Waals surface area contributed by atoms with Crippen molar-refractivity contribution in [3.63, 3.8) is 0 Å². The van der Waals surface area contributed by atoms with Crippen LogP contribution in [-0.4, -0.2) is 21.5 Å². The molecule has 1 aromatic heterocycles. The number of aliphatic hydroxyl groups excluding tert-OH is 1. The number of benzene rings is 1. The number of aliphatic hydroxyl groups is 1. The molecule has 2 aromatic rings. The molecule has 6 heteroatoms. The van der Waals surface area contributed by atoms with Crippen molar-refractivity contribution < 1.29 is 13.9 Å². The van der Waals surface area contributed by atoms with Crippen LogP contribution in [0.5, 0.6) is 0 Å². The Morgan fingerprint density at radius 2 is 2.00 bits per heavy atom. The van der Waals surface area contributed by atoms with Gasteiger partial charge in [0, 0.05) is 17.3 Å². The molecule has 1 aromatic carbocycles. The molecule has 0 unspecified atom stereocenters. The molecule has 2 rings (SSSR count). The second kappa shape index (κ2) is 5.16. The molecule has 18 heavy (non-hydrogen) atoms. The Bertz CT molecular complexity index is 584. The SMILES string of the molecule is Cc1nn(CCO)cc1-c1ccc(Br)c(F)c1F. The van der Waals surface area contributed by atoms with E-state index in [0.29, 0.717) is 17.8 Å². The summed E-state index contributed by atoms with van der Waals surface area (Å²) in [5.41, 5.74) is 1.27. The molecule has 0 aliphatic rings. The minimum Gasteiger partial charge on any atom is -0.394 e. The van der Waals surface area contributed by atoms with Crippen molar-refractivity contribution in [1.82, 2.24) is 9.78 Å². The Morgan fingerprint density at radius 1 is 1.28 bits per heavy atom. The van der Waals surface area contributed by atoms with Gasteiger partial charge in [0.1, 0.15) is 0 Å². The van der Waals surface area contributed by atoms with Crippen molar-refractivity contribution in [3.05, 3.63) is 40.1 Å². The number of hydrogen-bond donors (Lipinski definition) is 1. The van der Waals surface area contributed by atoms with Gasteiger partial charge in [-0.25, -0.2) is 8.78 Å². The van der Waals surface area contributed by atoms with Crippen LogP contribution in [0.3, 0.4) is 0 Å². The third-order valence-electron chi connectivity index (χ3n) is 2.60. The second-order valence-electron chi connectivity index (χ2n) is 3.84. The van der Waals surface area contributed by atoms with E-state index in [2.05, 4.69) is 21.0 Å². The van der Waals surface area contributed by atoms with Crippen LogP contribution in [0.2, 0.25) is 0 Å². The zero-order valence-electron chi connectivity index (χ0n) is 9.62. The van der Waals surface area contributed by atoms with Gasteiger partial charge in [0.05, 0.1) is 23.3 Å². The van der Waals surface area contributed by atoms with Crippen LogP contribution in [0.4, 0.5) is 8.78 Å². The molecule has 0 spiro atoms. The number of aromatic nitrogens is 2. The average Bonchev–Trinajstić information content (AvgIpc) is 2.68. The first-order chi connectivity index (χ1) is 8.54. The van der Waals surface area contributed by atoms with Crippen molar-refractivity contribution in [3.8, 4) is 11.1 Å². The lowest BCUT2D eigenvalue weighted by atomic mass is 10.1. The Morgan fingerprint density at radius 3 is 2.67 bits per heavy atom. The molecule has 96 valence electrons. The van der Waals surface area contributed by atoms with Gasteiger partial charge in [-0.2, -0.15) is 5.10 Å². The van der Waals surface area contributed by atoms with Crippen molar-refractivity contribution in [1.29, 1.82) is 0 Å². The van der Waals surface area contributed by atoms with Crippen LogP contribution in [0.1, 0.15) is 5.69 Å². The molecular weight excluding hydrogens is 306 g/mol. The van der Waals surface area contributed by atoms with E-state index in [1.165, 1.54) is 16.8 Å². The van der Waals surface area contributed by atoms with Gasteiger partial charge in [0.2, 0.25) is 0 Å². The van der Waals surface area contributed by atoms with Crippen LogP contribution in [0, 0.1) is 18.6 Å². The Hall–Kier alpha value is -1.27. The van der Waals surface area contributed by atoms with E-state index in [4.69, 9.17) is 5.11 Å². The molecule has 0 saturated carbocycles. The number of halogens is 3. The average molecular weight is 317 g/mol. The van der Waals surface area contributed by atoms with Crippen LogP contribution < -0.4 is 0 Å². The fourth-order valence-electron chi connectivity index (χ4n) is 1.73. The maximum absolute atomic E-state index is 13.8. The molecular formula is C12H11BrF2N2O.